The van der Waals surface area contributed by atoms with Crippen LogP contribution in [0.25, 0.3) is 27.5 Å². The molecule has 150 valence electrons. The van der Waals surface area contributed by atoms with Gasteiger partial charge in [-0.2, -0.15) is 10.4 Å². The zero-order valence-corrected chi connectivity index (χ0v) is 17.2. The first-order chi connectivity index (χ1) is 14.7. The van der Waals surface area contributed by atoms with E-state index >= 15 is 0 Å². The van der Waals surface area contributed by atoms with Crippen molar-refractivity contribution < 1.29 is 4.74 Å². The lowest BCUT2D eigenvalue weighted by atomic mass is 10.1. The van der Waals surface area contributed by atoms with Crippen molar-refractivity contribution >= 4 is 22.5 Å². The van der Waals surface area contributed by atoms with Gasteiger partial charge in [-0.1, -0.05) is 11.3 Å². The smallest absolute Gasteiger partial charge is 0.151 e. The number of aromatic nitrogens is 5. The van der Waals surface area contributed by atoms with Gasteiger partial charge in [0.05, 0.1) is 34.2 Å². The Bertz CT molecular complexity index is 1250. The van der Waals surface area contributed by atoms with Gasteiger partial charge in [0, 0.05) is 31.1 Å². The van der Waals surface area contributed by atoms with E-state index in [1.165, 1.54) is 0 Å². The summed E-state index contributed by atoms with van der Waals surface area (Å²) in [7, 11) is 0. The van der Waals surface area contributed by atoms with E-state index in [1.54, 1.807) is 22.0 Å². The van der Waals surface area contributed by atoms with Crippen LogP contribution in [0.5, 0.6) is 0 Å². The molecule has 5 rings (SSSR count). The van der Waals surface area contributed by atoms with Crippen LogP contribution in [-0.2, 0) is 4.74 Å². The highest BCUT2D eigenvalue weighted by Crippen LogP contribution is 2.34. The third-order valence-corrected chi connectivity index (χ3v) is 6.01. The maximum absolute atomic E-state index is 9.11. The number of aryl methyl sites for hydroxylation is 1. The molecule has 1 N–H and O–H groups in total. The van der Waals surface area contributed by atoms with E-state index < -0.39 is 0 Å². The predicted molar refractivity (Wildman–Crippen MR) is 114 cm³/mol. The number of hydrogen-bond acceptors (Lipinski definition) is 8. The van der Waals surface area contributed by atoms with Crippen molar-refractivity contribution in [1.29, 1.82) is 5.26 Å². The molecular weight excluding hydrogens is 398 g/mol. The quantitative estimate of drug-likeness (QED) is 0.540. The summed E-state index contributed by atoms with van der Waals surface area (Å²) in [5, 5.41) is 27.4. The standard InChI is InChI=1S/C21H19N7OS/c1-13-26-27-21(30-13)17-12-23-19(9-18(17)25-15-4-6-29-7-5-15)20-3-2-16-8-14(10-22)11-24-28(16)20/h2-3,8-9,11-12,15H,4-7H2,1H3,(H,23,25). The molecule has 0 unspecified atom stereocenters. The Morgan fingerprint density at radius 3 is 2.83 bits per heavy atom. The maximum atomic E-state index is 9.11. The summed E-state index contributed by atoms with van der Waals surface area (Å²) in [6, 6.07) is 10.2. The van der Waals surface area contributed by atoms with Gasteiger partial charge >= 0.3 is 0 Å². The zero-order valence-electron chi connectivity index (χ0n) is 16.4. The van der Waals surface area contributed by atoms with Gasteiger partial charge in [-0.3, -0.25) is 4.98 Å². The van der Waals surface area contributed by atoms with E-state index in [1.807, 2.05) is 37.4 Å². The van der Waals surface area contributed by atoms with E-state index in [-0.39, 0.29) is 0 Å². The van der Waals surface area contributed by atoms with Crippen LogP contribution >= 0.6 is 11.3 Å². The second-order valence-corrected chi connectivity index (χ2v) is 8.37. The summed E-state index contributed by atoms with van der Waals surface area (Å²) in [5.74, 6) is 0. The molecule has 1 aliphatic heterocycles. The van der Waals surface area contributed by atoms with Crippen molar-refractivity contribution in [3.05, 3.63) is 47.2 Å². The Hall–Kier alpha value is -3.35. The van der Waals surface area contributed by atoms with Crippen molar-refractivity contribution in [1.82, 2.24) is 24.8 Å². The van der Waals surface area contributed by atoms with Gasteiger partial charge in [-0.05, 0) is 44.0 Å². The highest BCUT2D eigenvalue weighted by Gasteiger charge is 2.19. The van der Waals surface area contributed by atoms with Crippen LogP contribution in [0.15, 0.2) is 36.7 Å². The minimum Gasteiger partial charge on any atom is -0.381 e. The number of fused-ring (bicyclic) bond motifs is 1. The van der Waals surface area contributed by atoms with E-state index in [2.05, 4.69) is 26.7 Å². The van der Waals surface area contributed by atoms with Gasteiger partial charge in [-0.15, -0.1) is 10.2 Å². The molecule has 4 aromatic heterocycles. The Balaban J connectivity index is 1.58. The molecule has 4 aromatic rings. The molecule has 9 heteroatoms. The number of pyridine rings is 1. The minimum atomic E-state index is 0.335. The SMILES string of the molecule is Cc1nnc(-c2cnc(-c3ccc4cc(C#N)cnn34)cc2NC2CCOCC2)s1. The number of anilines is 1. The fraction of sp³-hybridized carbons (Fsp3) is 0.286. The lowest BCUT2D eigenvalue weighted by molar-refractivity contribution is 0.0904. The van der Waals surface area contributed by atoms with Crippen molar-refractivity contribution in [3.8, 4) is 28.0 Å². The molecule has 0 aromatic carbocycles. The molecule has 0 atom stereocenters. The highest BCUT2D eigenvalue weighted by atomic mass is 32.1. The first-order valence-electron chi connectivity index (χ1n) is 9.74. The van der Waals surface area contributed by atoms with Crippen molar-refractivity contribution in [3.63, 3.8) is 0 Å². The average Bonchev–Trinajstić information content (AvgIpc) is 3.40. The average molecular weight is 417 g/mol. The van der Waals surface area contributed by atoms with E-state index in [0.29, 0.717) is 11.6 Å². The monoisotopic (exact) mass is 417 g/mol. The normalized spacial score (nSPS) is 14.7. The van der Waals surface area contributed by atoms with Gasteiger partial charge in [0.15, 0.2) is 5.01 Å². The third kappa shape index (κ3) is 3.51. The summed E-state index contributed by atoms with van der Waals surface area (Å²) >= 11 is 1.55. The molecule has 0 spiro atoms. The van der Waals surface area contributed by atoms with Gasteiger partial charge in [0.1, 0.15) is 11.1 Å². The predicted octanol–water partition coefficient (Wildman–Crippen LogP) is 3.69. The number of rotatable bonds is 4. The minimum absolute atomic E-state index is 0.335. The fourth-order valence-electron chi connectivity index (χ4n) is 3.61. The van der Waals surface area contributed by atoms with Gasteiger partial charge in [-0.25, -0.2) is 4.52 Å². The second-order valence-electron chi connectivity index (χ2n) is 7.18. The Kier molecular flexibility index (Phi) is 4.86. The molecule has 8 nitrogen and oxygen atoms in total. The van der Waals surface area contributed by atoms with Gasteiger partial charge < -0.3 is 10.1 Å². The summed E-state index contributed by atoms with van der Waals surface area (Å²) in [5.41, 5.74) is 4.97. The van der Waals surface area contributed by atoms with Crippen LogP contribution in [0.2, 0.25) is 0 Å². The molecule has 1 saturated heterocycles. The molecule has 0 bridgehead atoms. The van der Waals surface area contributed by atoms with Crippen LogP contribution in [0, 0.1) is 18.3 Å². The van der Waals surface area contributed by atoms with E-state index in [0.717, 1.165) is 64.2 Å². The maximum Gasteiger partial charge on any atom is 0.151 e. The summed E-state index contributed by atoms with van der Waals surface area (Å²) in [6.07, 6.45) is 5.33. The van der Waals surface area contributed by atoms with E-state index in [4.69, 9.17) is 15.0 Å². The molecule has 1 aliphatic rings. The Labute approximate surface area is 177 Å². The third-order valence-electron chi connectivity index (χ3n) is 5.13. The van der Waals surface area contributed by atoms with Crippen LogP contribution in [0.4, 0.5) is 5.69 Å². The highest BCUT2D eigenvalue weighted by molar-refractivity contribution is 7.14. The molecule has 0 amide bonds. The van der Waals surface area contributed by atoms with Crippen LogP contribution in [0.3, 0.4) is 0 Å². The zero-order chi connectivity index (χ0) is 20.5. The van der Waals surface area contributed by atoms with Crippen LogP contribution in [0.1, 0.15) is 23.4 Å². The van der Waals surface area contributed by atoms with Gasteiger partial charge in [0.2, 0.25) is 0 Å². The molecule has 0 saturated carbocycles. The van der Waals surface area contributed by atoms with Crippen molar-refractivity contribution in [2.24, 2.45) is 0 Å². The molecule has 1 fully saturated rings. The molecule has 30 heavy (non-hydrogen) atoms. The fourth-order valence-corrected chi connectivity index (χ4v) is 4.32. The molecule has 5 heterocycles. The lowest BCUT2D eigenvalue weighted by Gasteiger charge is -2.25. The number of nitrogens with zero attached hydrogens (tertiary/aromatic N) is 6. The number of ether oxygens (including phenoxy) is 1. The lowest BCUT2D eigenvalue weighted by Crippen LogP contribution is -2.28. The first kappa shape index (κ1) is 18.7. The van der Waals surface area contributed by atoms with Gasteiger partial charge in [0.25, 0.3) is 0 Å². The van der Waals surface area contributed by atoms with Crippen LogP contribution in [-0.4, -0.2) is 44.1 Å². The number of nitrogens with one attached hydrogen (secondary N) is 1. The Morgan fingerprint density at radius 1 is 1.20 bits per heavy atom. The number of nitriles is 1. The molecular formula is C21H19N7OS. The van der Waals surface area contributed by atoms with Crippen molar-refractivity contribution in [2.75, 3.05) is 18.5 Å². The largest absolute Gasteiger partial charge is 0.381 e. The van der Waals surface area contributed by atoms with Crippen molar-refractivity contribution in [2.45, 2.75) is 25.8 Å². The van der Waals surface area contributed by atoms with Crippen LogP contribution < -0.4 is 5.32 Å². The topological polar surface area (TPSA) is 101 Å². The first-order valence-corrected chi connectivity index (χ1v) is 10.6. The summed E-state index contributed by atoms with van der Waals surface area (Å²) in [4.78, 5) is 4.70. The van der Waals surface area contributed by atoms with E-state index in [9.17, 15) is 0 Å². The molecule has 0 aliphatic carbocycles. The molecule has 0 radical (unpaired) electrons. The summed E-state index contributed by atoms with van der Waals surface area (Å²) in [6.45, 7) is 3.47. The second kappa shape index (κ2) is 7.82. The summed E-state index contributed by atoms with van der Waals surface area (Å²) < 4.78 is 7.30. The Morgan fingerprint density at radius 2 is 2.07 bits per heavy atom. The number of hydrogen-bond donors (Lipinski definition) is 1.